The van der Waals surface area contributed by atoms with Crippen molar-refractivity contribution in [2.75, 3.05) is 11.9 Å². The van der Waals surface area contributed by atoms with Crippen molar-refractivity contribution in [1.29, 1.82) is 0 Å². The van der Waals surface area contributed by atoms with Gasteiger partial charge in [0.15, 0.2) is 0 Å². The summed E-state index contributed by atoms with van der Waals surface area (Å²) < 4.78 is 0. The van der Waals surface area contributed by atoms with Crippen LogP contribution in [0.2, 0.25) is 0 Å². The maximum atomic E-state index is 12.3. The zero-order valence-electron chi connectivity index (χ0n) is 12.8. The smallest absolute Gasteiger partial charge is 0.241 e. The summed E-state index contributed by atoms with van der Waals surface area (Å²) in [4.78, 5) is 12.3. The summed E-state index contributed by atoms with van der Waals surface area (Å²) in [6, 6.07) is 8.10. The summed E-state index contributed by atoms with van der Waals surface area (Å²) in [5.41, 5.74) is 2.16. The molecule has 2 unspecified atom stereocenters. The molecule has 0 bridgehead atoms. The van der Waals surface area contributed by atoms with Gasteiger partial charge in [0, 0.05) is 5.69 Å². The molecule has 1 aromatic carbocycles. The number of hydrogen-bond donors (Lipinski definition) is 2. The molecule has 1 heterocycles. The fourth-order valence-corrected chi connectivity index (χ4v) is 2.77. The van der Waals surface area contributed by atoms with E-state index in [0.717, 1.165) is 25.1 Å². The Labute approximate surface area is 122 Å². The van der Waals surface area contributed by atoms with E-state index in [1.807, 2.05) is 12.1 Å². The predicted molar refractivity (Wildman–Crippen MR) is 84.0 cm³/mol. The Hall–Kier alpha value is -1.35. The topological polar surface area (TPSA) is 41.1 Å². The standard InChI is InChI=1S/C17H26N2O/c1-4-13-8-9-18-16(10-13)17(20)19-15-7-5-6-14(11-15)12(2)3/h5-7,11-13,16,18H,4,8-10H2,1-3H3,(H,19,20). The van der Waals surface area contributed by atoms with E-state index in [1.165, 1.54) is 12.0 Å². The van der Waals surface area contributed by atoms with Crippen LogP contribution in [0.3, 0.4) is 0 Å². The zero-order chi connectivity index (χ0) is 14.5. The first-order valence-corrected chi connectivity index (χ1v) is 7.74. The lowest BCUT2D eigenvalue weighted by molar-refractivity contribution is -0.119. The number of carbonyl (C=O) groups excluding carboxylic acids is 1. The highest BCUT2D eigenvalue weighted by atomic mass is 16.2. The normalized spacial score (nSPS) is 22.8. The van der Waals surface area contributed by atoms with Crippen molar-refractivity contribution in [2.45, 2.75) is 52.0 Å². The highest BCUT2D eigenvalue weighted by Crippen LogP contribution is 2.22. The number of anilines is 1. The maximum Gasteiger partial charge on any atom is 0.241 e. The van der Waals surface area contributed by atoms with Crippen molar-refractivity contribution in [3.05, 3.63) is 29.8 Å². The quantitative estimate of drug-likeness (QED) is 0.882. The van der Waals surface area contributed by atoms with Crippen LogP contribution in [0.25, 0.3) is 0 Å². The van der Waals surface area contributed by atoms with Gasteiger partial charge in [-0.1, -0.05) is 39.3 Å². The molecule has 0 aliphatic carbocycles. The molecule has 1 aromatic rings. The van der Waals surface area contributed by atoms with E-state index >= 15 is 0 Å². The first-order valence-electron chi connectivity index (χ1n) is 7.74. The van der Waals surface area contributed by atoms with Crippen LogP contribution in [-0.2, 0) is 4.79 Å². The molecular weight excluding hydrogens is 248 g/mol. The molecule has 0 radical (unpaired) electrons. The minimum Gasteiger partial charge on any atom is -0.325 e. The fourth-order valence-electron chi connectivity index (χ4n) is 2.77. The van der Waals surface area contributed by atoms with E-state index in [-0.39, 0.29) is 11.9 Å². The molecule has 0 saturated carbocycles. The van der Waals surface area contributed by atoms with Crippen LogP contribution in [0.4, 0.5) is 5.69 Å². The average Bonchev–Trinajstić information content (AvgIpc) is 2.47. The number of piperidine rings is 1. The third-order valence-corrected chi connectivity index (χ3v) is 4.23. The largest absolute Gasteiger partial charge is 0.325 e. The second-order valence-electron chi connectivity index (χ2n) is 6.07. The molecule has 0 aromatic heterocycles. The molecule has 2 rings (SSSR count). The number of amides is 1. The van der Waals surface area contributed by atoms with Crippen molar-refractivity contribution in [3.63, 3.8) is 0 Å². The number of rotatable bonds is 4. The second kappa shape index (κ2) is 6.89. The van der Waals surface area contributed by atoms with Gasteiger partial charge in [-0.15, -0.1) is 0 Å². The molecule has 2 N–H and O–H groups in total. The minimum absolute atomic E-state index is 0.0450. The van der Waals surface area contributed by atoms with Crippen LogP contribution >= 0.6 is 0 Å². The van der Waals surface area contributed by atoms with Crippen LogP contribution < -0.4 is 10.6 Å². The summed E-state index contributed by atoms with van der Waals surface area (Å²) in [5, 5.41) is 6.38. The van der Waals surface area contributed by atoms with Gasteiger partial charge >= 0.3 is 0 Å². The summed E-state index contributed by atoms with van der Waals surface area (Å²) >= 11 is 0. The highest BCUT2D eigenvalue weighted by Gasteiger charge is 2.25. The summed E-state index contributed by atoms with van der Waals surface area (Å²) in [7, 11) is 0. The number of hydrogen-bond acceptors (Lipinski definition) is 2. The van der Waals surface area contributed by atoms with Crippen molar-refractivity contribution < 1.29 is 4.79 Å². The molecule has 1 fully saturated rings. The Bertz CT molecular complexity index is 456. The van der Waals surface area contributed by atoms with Crippen LogP contribution in [0.5, 0.6) is 0 Å². The summed E-state index contributed by atoms with van der Waals surface area (Å²) in [6.07, 6.45) is 3.30. The van der Waals surface area contributed by atoms with Gasteiger partial charge in [-0.3, -0.25) is 4.79 Å². The number of carbonyl (C=O) groups is 1. The van der Waals surface area contributed by atoms with Gasteiger partial charge in [-0.25, -0.2) is 0 Å². The molecule has 1 saturated heterocycles. The lowest BCUT2D eigenvalue weighted by atomic mass is 9.90. The Morgan fingerprint density at radius 1 is 1.45 bits per heavy atom. The number of benzene rings is 1. The van der Waals surface area contributed by atoms with Crippen molar-refractivity contribution in [3.8, 4) is 0 Å². The zero-order valence-corrected chi connectivity index (χ0v) is 12.8. The van der Waals surface area contributed by atoms with E-state index < -0.39 is 0 Å². The van der Waals surface area contributed by atoms with Crippen LogP contribution in [0.1, 0.15) is 51.5 Å². The van der Waals surface area contributed by atoms with Crippen LogP contribution in [0.15, 0.2) is 24.3 Å². The van der Waals surface area contributed by atoms with Gasteiger partial charge in [-0.05, 0) is 48.9 Å². The van der Waals surface area contributed by atoms with Gasteiger partial charge in [0.1, 0.15) is 0 Å². The first kappa shape index (κ1) is 15.0. The molecule has 1 aliphatic heterocycles. The molecule has 1 aliphatic rings. The Kier molecular flexibility index (Phi) is 5.18. The van der Waals surface area contributed by atoms with E-state index in [1.54, 1.807) is 0 Å². The van der Waals surface area contributed by atoms with E-state index in [2.05, 4.69) is 43.5 Å². The molecule has 110 valence electrons. The van der Waals surface area contributed by atoms with Crippen LogP contribution in [-0.4, -0.2) is 18.5 Å². The monoisotopic (exact) mass is 274 g/mol. The van der Waals surface area contributed by atoms with E-state index in [4.69, 9.17) is 0 Å². The highest BCUT2D eigenvalue weighted by molar-refractivity contribution is 5.95. The third-order valence-electron chi connectivity index (χ3n) is 4.23. The molecule has 1 amide bonds. The van der Waals surface area contributed by atoms with Gasteiger partial charge in [0.25, 0.3) is 0 Å². The van der Waals surface area contributed by atoms with E-state index in [9.17, 15) is 4.79 Å². The van der Waals surface area contributed by atoms with Crippen molar-refractivity contribution in [2.24, 2.45) is 5.92 Å². The Balaban J connectivity index is 1.98. The molecule has 0 spiro atoms. The lowest BCUT2D eigenvalue weighted by Crippen LogP contribution is -2.46. The predicted octanol–water partition coefficient (Wildman–Crippen LogP) is 3.53. The molecule has 3 nitrogen and oxygen atoms in total. The van der Waals surface area contributed by atoms with Crippen molar-refractivity contribution in [1.82, 2.24) is 5.32 Å². The molecular formula is C17H26N2O. The SMILES string of the molecule is CCC1CCNC(C(=O)Nc2cccc(C(C)C)c2)C1. The van der Waals surface area contributed by atoms with Gasteiger partial charge in [-0.2, -0.15) is 0 Å². The van der Waals surface area contributed by atoms with Gasteiger partial charge in [0.05, 0.1) is 6.04 Å². The lowest BCUT2D eigenvalue weighted by Gasteiger charge is -2.28. The Morgan fingerprint density at radius 2 is 2.25 bits per heavy atom. The third kappa shape index (κ3) is 3.83. The average molecular weight is 274 g/mol. The first-order chi connectivity index (χ1) is 9.60. The van der Waals surface area contributed by atoms with Gasteiger partial charge < -0.3 is 10.6 Å². The second-order valence-corrected chi connectivity index (χ2v) is 6.07. The molecule has 2 atom stereocenters. The Morgan fingerprint density at radius 3 is 2.95 bits per heavy atom. The molecule has 20 heavy (non-hydrogen) atoms. The van der Waals surface area contributed by atoms with Crippen molar-refractivity contribution >= 4 is 11.6 Å². The maximum absolute atomic E-state index is 12.3. The van der Waals surface area contributed by atoms with Gasteiger partial charge in [0.2, 0.25) is 5.91 Å². The molecule has 3 heteroatoms. The summed E-state index contributed by atoms with van der Waals surface area (Å²) in [6.45, 7) is 7.48. The number of nitrogens with one attached hydrogen (secondary N) is 2. The van der Waals surface area contributed by atoms with E-state index in [0.29, 0.717) is 11.8 Å². The fraction of sp³-hybridized carbons (Fsp3) is 0.588. The minimum atomic E-state index is -0.0450. The summed E-state index contributed by atoms with van der Waals surface area (Å²) in [5.74, 6) is 1.25. The van der Waals surface area contributed by atoms with Crippen LogP contribution in [0, 0.1) is 5.92 Å².